The molecule has 1 heterocycles. The van der Waals surface area contributed by atoms with E-state index >= 15 is 0 Å². The van der Waals surface area contributed by atoms with E-state index in [1.807, 2.05) is 32.0 Å². The number of amides is 2. The minimum absolute atomic E-state index is 0.185. The molecule has 0 radical (unpaired) electrons. The van der Waals surface area contributed by atoms with Crippen LogP contribution in [0.2, 0.25) is 5.02 Å². The molecule has 3 rings (SSSR count). The molecule has 1 aromatic heterocycles. The standard InChI is InChI=1S/C20H21ClN4O2/c1-11-6-5-7-16(12(11)2)24-20(27)22-13(3)18-23-17-10-14(21)8-9-15(17)19(26)25(18)4/h5-10,13H,1-4H3,(H2,22,24,27). The molecular formula is C20H21ClN4O2. The van der Waals surface area contributed by atoms with Gasteiger partial charge in [0.25, 0.3) is 5.56 Å². The van der Waals surface area contributed by atoms with Gasteiger partial charge in [0.05, 0.1) is 16.9 Å². The zero-order chi connectivity index (χ0) is 19.7. The van der Waals surface area contributed by atoms with Crippen molar-refractivity contribution in [2.45, 2.75) is 26.8 Å². The minimum atomic E-state index is -0.476. The van der Waals surface area contributed by atoms with Crippen LogP contribution in [0.15, 0.2) is 41.2 Å². The highest BCUT2D eigenvalue weighted by molar-refractivity contribution is 6.31. The molecule has 1 atom stereocenters. The fourth-order valence-electron chi connectivity index (χ4n) is 2.95. The summed E-state index contributed by atoms with van der Waals surface area (Å²) in [5, 5.41) is 6.67. The van der Waals surface area contributed by atoms with Crippen LogP contribution in [-0.2, 0) is 7.05 Å². The number of urea groups is 1. The monoisotopic (exact) mass is 384 g/mol. The largest absolute Gasteiger partial charge is 0.328 e. The number of benzene rings is 2. The summed E-state index contributed by atoms with van der Waals surface area (Å²) in [4.78, 5) is 29.5. The maximum Gasteiger partial charge on any atom is 0.319 e. The number of nitrogens with zero attached hydrogens (tertiary/aromatic N) is 2. The van der Waals surface area contributed by atoms with Crippen LogP contribution in [0.25, 0.3) is 10.9 Å². The molecule has 2 aromatic carbocycles. The molecule has 1 unspecified atom stereocenters. The molecule has 0 spiro atoms. The van der Waals surface area contributed by atoms with Gasteiger partial charge in [0.1, 0.15) is 5.82 Å². The lowest BCUT2D eigenvalue weighted by molar-refractivity contribution is 0.248. The van der Waals surface area contributed by atoms with Gasteiger partial charge in [-0.3, -0.25) is 9.36 Å². The van der Waals surface area contributed by atoms with Crippen LogP contribution in [0.4, 0.5) is 10.5 Å². The molecule has 0 saturated heterocycles. The van der Waals surface area contributed by atoms with Gasteiger partial charge in [-0.15, -0.1) is 0 Å². The van der Waals surface area contributed by atoms with E-state index in [0.717, 1.165) is 16.8 Å². The SMILES string of the molecule is Cc1cccc(NC(=O)NC(C)c2nc3cc(Cl)ccc3c(=O)n2C)c1C. The van der Waals surface area contributed by atoms with Crippen molar-refractivity contribution in [3.05, 3.63) is 68.7 Å². The number of carbonyl (C=O) groups is 1. The summed E-state index contributed by atoms with van der Waals surface area (Å²) < 4.78 is 1.44. The molecule has 0 fully saturated rings. The number of hydrogen-bond acceptors (Lipinski definition) is 3. The van der Waals surface area contributed by atoms with Crippen LogP contribution < -0.4 is 16.2 Å². The van der Waals surface area contributed by atoms with Crippen LogP contribution in [0.3, 0.4) is 0 Å². The van der Waals surface area contributed by atoms with Crippen molar-refractivity contribution in [3.63, 3.8) is 0 Å². The number of hydrogen-bond donors (Lipinski definition) is 2. The van der Waals surface area contributed by atoms with Gasteiger partial charge < -0.3 is 10.6 Å². The lowest BCUT2D eigenvalue weighted by atomic mass is 10.1. The van der Waals surface area contributed by atoms with Gasteiger partial charge in [-0.1, -0.05) is 23.7 Å². The summed E-state index contributed by atoms with van der Waals surface area (Å²) in [6.45, 7) is 5.72. The lowest BCUT2D eigenvalue weighted by Crippen LogP contribution is -2.35. The molecule has 27 heavy (non-hydrogen) atoms. The fraction of sp³-hybridized carbons (Fsp3) is 0.250. The third kappa shape index (κ3) is 3.80. The van der Waals surface area contributed by atoms with E-state index in [0.29, 0.717) is 21.7 Å². The average molecular weight is 385 g/mol. The first-order valence-electron chi connectivity index (χ1n) is 8.58. The Hall–Kier alpha value is -2.86. The molecule has 2 N–H and O–H groups in total. The Balaban J connectivity index is 1.86. The van der Waals surface area contributed by atoms with Crippen molar-refractivity contribution >= 4 is 34.2 Å². The molecule has 140 valence electrons. The molecule has 0 saturated carbocycles. The zero-order valence-corrected chi connectivity index (χ0v) is 16.4. The summed E-state index contributed by atoms with van der Waals surface area (Å²) >= 11 is 6.02. The van der Waals surface area contributed by atoms with Gasteiger partial charge in [0.15, 0.2) is 0 Å². The minimum Gasteiger partial charge on any atom is -0.328 e. The second-order valence-electron chi connectivity index (χ2n) is 6.56. The summed E-state index contributed by atoms with van der Waals surface area (Å²) in [6.07, 6.45) is 0. The number of carbonyl (C=O) groups excluding carboxylic acids is 1. The van der Waals surface area contributed by atoms with Gasteiger partial charge in [0.2, 0.25) is 0 Å². The van der Waals surface area contributed by atoms with Crippen molar-refractivity contribution in [3.8, 4) is 0 Å². The Kier molecular flexibility index (Phi) is 5.19. The number of aryl methyl sites for hydroxylation is 1. The Morgan fingerprint density at radius 2 is 1.96 bits per heavy atom. The topological polar surface area (TPSA) is 76.0 Å². The highest BCUT2D eigenvalue weighted by atomic mass is 35.5. The molecular weight excluding hydrogens is 364 g/mol. The number of halogens is 1. The first kappa shape index (κ1) is 18.9. The number of fused-ring (bicyclic) bond motifs is 1. The van der Waals surface area contributed by atoms with Crippen LogP contribution in [0.1, 0.15) is 29.9 Å². The van der Waals surface area contributed by atoms with Crippen LogP contribution in [-0.4, -0.2) is 15.6 Å². The van der Waals surface area contributed by atoms with E-state index in [1.165, 1.54) is 4.57 Å². The third-order valence-corrected chi connectivity index (χ3v) is 4.90. The quantitative estimate of drug-likeness (QED) is 0.714. The highest BCUT2D eigenvalue weighted by Gasteiger charge is 2.17. The molecule has 3 aromatic rings. The third-order valence-electron chi connectivity index (χ3n) is 4.66. The maximum absolute atomic E-state index is 12.6. The molecule has 0 aliphatic carbocycles. The van der Waals surface area contributed by atoms with E-state index in [4.69, 9.17) is 11.6 Å². The van der Waals surface area contributed by atoms with Gasteiger partial charge in [-0.2, -0.15) is 0 Å². The Bertz CT molecular complexity index is 1090. The predicted molar refractivity (Wildman–Crippen MR) is 108 cm³/mol. The first-order valence-corrected chi connectivity index (χ1v) is 8.95. The Labute approximate surface area is 162 Å². The molecule has 0 aliphatic rings. The summed E-state index contributed by atoms with van der Waals surface area (Å²) in [7, 11) is 1.64. The number of anilines is 1. The van der Waals surface area contributed by atoms with Crippen molar-refractivity contribution in [2.24, 2.45) is 7.05 Å². The van der Waals surface area contributed by atoms with Crippen molar-refractivity contribution in [1.29, 1.82) is 0 Å². The fourth-order valence-corrected chi connectivity index (χ4v) is 3.12. The van der Waals surface area contributed by atoms with E-state index in [9.17, 15) is 9.59 Å². The van der Waals surface area contributed by atoms with Gasteiger partial charge in [-0.05, 0) is 56.2 Å². The second kappa shape index (κ2) is 7.40. The maximum atomic E-state index is 12.6. The normalized spacial score (nSPS) is 12.0. The number of aromatic nitrogens is 2. The van der Waals surface area contributed by atoms with Crippen LogP contribution >= 0.6 is 11.6 Å². The number of nitrogens with one attached hydrogen (secondary N) is 2. The summed E-state index contributed by atoms with van der Waals surface area (Å²) in [5.74, 6) is 0.450. The summed E-state index contributed by atoms with van der Waals surface area (Å²) in [6, 6.07) is 9.84. The lowest BCUT2D eigenvalue weighted by Gasteiger charge is -2.18. The van der Waals surface area contributed by atoms with E-state index < -0.39 is 6.04 Å². The van der Waals surface area contributed by atoms with Gasteiger partial charge in [0, 0.05) is 17.8 Å². The van der Waals surface area contributed by atoms with Gasteiger partial charge in [-0.25, -0.2) is 9.78 Å². The predicted octanol–water partition coefficient (Wildman–Crippen LogP) is 4.09. The van der Waals surface area contributed by atoms with Crippen LogP contribution in [0, 0.1) is 13.8 Å². The Morgan fingerprint density at radius 3 is 2.70 bits per heavy atom. The van der Waals surface area contributed by atoms with Crippen molar-refractivity contribution in [2.75, 3.05) is 5.32 Å². The molecule has 0 bridgehead atoms. The van der Waals surface area contributed by atoms with E-state index in [1.54, 1.807) is 32.2 Å². The Morgan fingerprint density at radius 1 is 1.22 bits per heavy atom. The molecule has 0 aliphatic heterocycles. The van der Waals surface area contributed by atoms with E-state index in [-0.39, 0.29) is 11.6 Å². The average Bonchev–Trinajstić information content (AvgIpc) is 2.61. The van der Waals surface area contributed by atoms with Crippen LogP contribution in [0.5, 0.6) is 0 Å². The van der Waals surface area contributed by atoms with Crippen molar-refractivity contribution in [1.82, 2.24) is 14.9 Å². The first-order chi connectivity index (χ1) is 12.8. The molecule has 7 heteroatoms. The smallest absolute Gasteiger partial charge is 0.319 e. The zero-order valence-electron chi connectivity index (χ0n) is 15.6. The second-order valence-corrected chi connectivity index (χ2v) is 7.00. The number of rotatable bonds is 3. The molecule has 2 amide bonds. The van der Waals surface area contributed by atoms with Crippen molar-refractivity contribution < 1.29 is 4.79 Å². The highest BCUT2D eigenvalue weighted by Crippen LogP contribution is 2.19. The molecule has 6 nitrogen and oxygen atoms in total. The summed E-state index contributed by atoms with van der Waals surface area (Å²) in [5.41, 5.74) is 3.16. The van der Waals surface area contributed by atoms with E-state index in [2.05, 4.69) is 15.6 Å². The van der Waals surface area contributed by atoms with Gasteiger partial charge >= 0.3 is 6.03 Å².